The van der Waals surface area contributed by atoms with Crippen LogP contribution in [0.2, 0.25) is 0 Å². The maximum atomic E-state index is 12.8. The molecule has 0 saturated carbocycles. The molecule has 5 heteroatoms. The van der Waals surface area contributed by atoms with E-state index in [-0.39, 0.29) is 12.4 Å². The topological polar surface area (TPSA) is 32.3 Å². The number of hydrogen-bond donors (Lipinski definition) is 1. The zero-order valence-corrected chi connectivity index (χ0v) is 14.7. The van der Waals surface area contributed by atoms with Gasteiger partial charge in [-0.25, -0.2) is 0 Å². The summed E-state index contributed by atoms with van der Waals surface area (Å²) in [6, 6.07) is 2.19. The molecule has 2 aliphatic heterocycles. The van der Waals surface area contributed by atoms with Gasteiger partial charge in [0, 0.05) is 18.0 Å². The standard InChI is InChI=1S/C17H24N2OS.ClH/c20-16(15-11-13-3-1-2-4-14(13)21-15)19-10-7-17(12-19)5-8-18-9-6-17;/h11,18H,1-10,12H2;1H. The van der Waals surface area contributed by atoms with Crippen molar-refractivity contribution in [3.05, 3.63) is 21.4 Å². The average molecular weight is 341 g/mol. The highest BCUT2D eigenvalue weighted by Gasteiger charge is 2.41. The van der Waals surface area contributed by atoms with Crippen molar-refractivity contribution in [3.63, 3.8) is 0 Å². The molecule has 4 rings (SSSR count). The SMILES string of the molecule is Cl.O=C(c1cc2c(s1)CCCC2)N1CCC2(CCNCC2)C1. The molecule has 1 aromatic rings. The highest BCUT2D eigenvalue weighted by Crippen LogP contribution is 2.40. The van der Waals surface area contributed by atoms with E-state index in [0.717, 1.165) is 31.1 Å². The first-order valence-corrected chi connectivity index (χ1v) is 9.19. The van der Waals surface area contributed by atoms with Gasteiger partial charge in [-0.2, -0.15) is 0 Å². The first kappa shape index (κ1) is 16.3. The van der Waals surface area contributed by atoms with Crippen molar-refractivity contribution in [2.45, 2.75) is 44.9 Å². The number of rotatable bonds is 1. The lowest BCUT2D eigenvalue weighted by Gasteiger charge is -2.33. The second kappa shape index (κ2) is 6.50. The van der Waals surface area contributed by atoms with Crippen molar-refractivity contribution in [1.29, 1.82) is 0 Å². The van der Waals surface area contributed by atoms with E-state index in [2.05, 4.69) is 16.3 Å². The highest BCUT2D eigenvalue weighted by molar-refractivity contribution is 7.14. The minimum absolute atomic E-state index is 0. The average Bonchev–Trinajstić information content (AvgIpc) is 3.12. The number of nitrogens with one attached hydrogen (secondary N) is 1. The summed E-state index contributed by atoms with van der Waals surface area (Å²) in [6.45, 7) is 4.18. The van der Waals surface area contributed by atoms with Crippen LogP contribution in [0.25, 0.3) is 0 Å². The summed E-state index contributed by atoms with van der Waals surface area (Å²) in [5.74, 6) is 0.296. The fourth-order valence-corrected chi connectivity index (χ4v) is 5.45. The van der Waals surface area contributed by atoms with Crippen LogP contribution in [0.1, 0.15) is 52.2 Å². The van der Waals surface area contributed by atoms with Crippen LogP contribution in [-0.2, 0) is 12.8 Å². The Hall–Kier alpha value is -0.580. The molecule has 3 heterocycles. The summed E-state index contributed by atoms with van der Waals surface area (Å²) < 4.78 is 0. The number of halogens is 1. The zero-order valence-electron chi connectivity index (χ0n) is 13.0. The maximum absolute atomic E-state index is 12.8. The van der Waals surface area contributed by atoms with Crippen molar-refractivity contribution >= 4 is 29.7 Å². The molecule has 1 N–H and O–H groups in total. The van der Waals surface area contributed by atoms with E-state index in [4.69, 9.17) is 0 Å². The van der Waals surface area contributed by atoms with Gasteiger partial charge in [0.25, 0.3) is 5.91 Å². The Morgan fingerprint density at radius 1 is 1.18 bits per heavy atom. The lowest BCUT2D eigenvalue weighted by molar-refractivity contribution is 0.0766. The maximum Gasteiger partial charge on any atom is 0.263 e. The molecule has 0 radical (unpaired) electrons. The number of thiophene rings is 1. The fraction of sp³-hybridized carbons (Fsp3) is 0.706. The van der Waals surface area contributed by atoms with Crippen molar-refractivity contribution < 1.29 is 4.79 Å². The van der Waals surface area contributed by atoms with E-state index in [1.807, 2.05) is 0 Å². The molecule has 122 valence electrons. The molecule has 0 atom stereocenters. The van der Waals surface area contributed by atoms with Gasteiger partial charge >= 0.3 is 0 Å². The summed E-state index contributed by atoms with van der Waals surface area (Å²) in [7, 11) is 0. The molecule has 2 saturated heterocycles. The van der Waals surface area contributed by atoms with Gasteiger partial charge < -0.3 is 10.2 Å². The first-order chi connectivity index (χ1) is 10.3. The van der Waals surface area contributed by atoms with E-state index in [1.54, 1.807) is 11.3 Å². The van der Waals surface area contributed by atoms with Crippen LogP contribution in [-0.4, -0.2) is 37.0 Å². The number of carbonyl (C=O) groups excluding carboxylic acids is 1. The third-order valence-electron chi connectivity index (χ3n) is 5.60. The highest BCUT2D eigenvalue weighted by atomic mass is 35.5. The predicted octanol–water partition coefficient (Wildman–Crippen LogP) is 3.26. The molecule has 1 aromatic heterocycles. The van der Waals surface area contributed by atoms with Crippen LogP contribution < -0.4 is 5.32 Å². The van der Waals surface area contributed by atoms with Crippen molar-refractivity contribution in [3.8, 4) is 0 Å². The molecule has 0 unspecified atom stereocenters. The molecule has 1 aliphatic carbocycles. The largest absolute Gasteiger partial charge is 0.337 e. The third-order valence-corrected chi connectivity index (χ3v) is 6.82. The molecule has 0 aromatic carbocycles. The number of fused-ring (bicyclic) bond motifs is 1. The molecule has 3 nitrogen and oxygen atoms in total. The van der Waals surface area contributed by atoms with Crippen LogP contribution in [0.15, 0.2) is 6.07 Å². The van der Waals surface area contributed by atoms with E-state index in [0.29, 0.717) is 11.3 Å². The fourth-order valence-electron chi connectivity index (χ4n) is 4.23. The second-order valence-corrected chi connectivity index (χ2v) is 8.13. The monoisotopic (exact) mass is 340 g/mol. The van der Waals surface area contributed by atoms with E-state index in [1.165, 1.54) is 55.4 Å². The molecular weight excluding hydrogens is 316 g/mol. The van der Waals surface area contributed by atoms with E-state index in [9.17, 15) is 4.79 Å². The van der Waals surface area contributed by atoms with Crippen LogP contribution in [0.4, 0.5) is 0 Å². The number of carbonyl (C=O) groups is 1. The second-order valence-electron chi connectivity index (χ2n) is 6.99. The zero-order chi connectivity index (χ0) is 14.3. The van der Waals surface area contributed by atoms with Crippen LogP contribution in [0.3, 0.4) is 0 Å². The summed E-state index contributed by atoms with van der Waals surface area (Å²) >= 11 is 1.76. The van der Waals surface area contributed by atoms with Gasteiger partial charge in [0.15, 0.2) is 0 Å². The molecular formula is C17H25ClN2OS. The van der Waals surface area contributed by atoms with Crippen LogP contribution in [0.5, 0.6) is 0 Å². The van der Waals surface area contributed by atoms with Gasteiger partial charge in [0.1, 0.15) is 0 Å². The Morgan fingerprint density at radius 2 is 1.95 bits per heavy atom. The summed E-state index contributed by atoms with van der Waals surface area (Å²) in [6.07, 6.45) is 8.61. The first-order valence-electron chi connectivity index (χ1n) is 8.37. The van der Waals surface area contributed by atoms with E-state index >= 15 is 0 Å². The van der Waals surface area contributed by atoms with Crippen molar-refractivity contribution in [2.24, 2.45) is 5.41 Å². The van der Waals surface area contributed by atoms with Crippen LogP contribution in [0, 0.1) is 5.41 Å². The summed E-state index contributed by atoms with van der Waals surface area (Å²) in [5.41, 5.74) is 1.86. The Bertz CT molecular complexity index is 527. The van der Waals surface area contributed by atoms with Crippen molar-refractivity contribution in [1.82, 2.24) is 10.2 Å². The molecule has 1 amide bonds. The van der Waals surface area contributed by atoms with Gasteiger partial charge in [0.2, 0.25) is 0 Å². The Morgan fingerprint density at radius 3 is 2.73 bits per heavy atom. The Labute approximate surface area is 142 Å². The smallest absolute Gasteiger partial charge is 0.263 e. The Balaban J connectivity index is 0.00000144. The molecule has 3 aliphatic rings. The minimum atomic E-state index is 0. The van der Waals surface area contributed by atoms with Crippen LogP contribution >= 0.6 is 23.7 Å². The Kier molecular flexibility index (Phi) is 4.81. The van der Waals surface area contributed by atoms with Gasteiger partial charge in [-0.15, -0.1) is 23.7 Å². The number of likely N-dealkylation sites (tertiary alicyclic amines) is 1. The third kappa shape index (κ3) is 2.93. The van der Waals surface area contributed by atoms with Crippen molar-refractivity contribution in [2.75, 3.05) is 26.2 Å². The number of aryl methyl sites for hydroxylation is 2. The van der Waals surface area contributed by atoms with Gasteiger partial charge in [-0.1, -0.05) is 0 Å². The quantitative estimate of drug-likeness (QED) is 0.851. The molecule has 2 fully saturated rings. The van der Waals surface area contributed by atoms with E-state index < -0.39 is 0 Å². The minimum Gasteiger partial charge on any atom is -0.337 e. The lowest BCUT2D eigenvalue weighted by atomic mass is 9.78. The number of nitrogens with zero attached hydrogens (tertiary/aromatic N) is 1. The predicted molar refractivity (Wildman–Crippen MR) is 93.3 cm³/mol. The lowest BCUT2D eigenvalue weighted by Crippen LogP contribution is -2.39. The summed E-state index contributed by atoms with van der Waals surface area (Å²) in [4.78, 5) is 17.4. The molecule has 1 spiro atoms. The normalized spacial score (nSPS) is 23.2. The number of amides is 1. The number of hydrogen-bond acceptors (Lipinski definition) is 3. The number of piperidine rings is 1. The van der Waals surface area contributed by atoms with Gasteiger partial charge in [0.05, 0.1) is 4.88 Å². The molecule has 0 bridgehead atoms. The van der Waals surface area contributed by atoms with Gasteiger partial charge in [-0.3, -0.25) is 4.79 Å². The molecule has 22 heavy (non-hydrogen) atoms. The van der Waals surface area contributed by atoms with Gasteiger partial charge in [-0.05, 0) is 75.1 Å². The summed E-state index contributed by atoms with van der Waals surface area (Å²) in [5, 5.41) is 3.44.